The summed E-state index contributed by atoms with van der Waals surface area (Å²) in [6.07, 6.45) is 0.658. The third-order valence-corrected chi connectivity index (χ3v) is 4.11. The van der Waals surface area contributed by atoms with Crippen molar-refractivity contribution in [3.63, 3.8) is 0 Å². The van der Waals surface area contributed by atoms with Crippen molar-refractivity contribution in [1.82, 2.24) is 10.2 Å². The summed E-state index contributed by atoms with van der Waals surface area (Å²) in [5, 5.41) is 17.6. The third kappa shape index (κ3) is 9.16. The highest BCUT2D eigenvalue weighted by Gasteiger charge is 2.20. The number of aliphatic carboxylic acids is 1. The number of amides is 2. The minimum atomic E-state index is -1.05. The number of nitrogens with zero attached hydrogens (tertiary/aromatic N) is 1. The molecule has 0 aliphatic carbocycles. The molecule has 0 fully saturated rings. The van der Waals surface area contributed by atoms with Gasteiger partial charge in [0.2, 0.25) is 11.8 Å². The molecule has 2 amide bonds. The summed E-state index contributed by atoms with van der Waals surface area (Å²) in [5.74, 6) is -1.61. The van der Waals surface area contributed by atoms with E-state index in [-0.39, 0.29) is 18.2 Å². The van der Waals surface area contributed by atoms with Crippen LogP contribution in [0.4, 0.5) is 11.4 Å². The van der Waals surface area contributed by atoms with Crippen molar-refractivity contribution in [2.45, 2.75) is 39.7 Å². The fourth-order valence-corrected chi connectivity index (χ4v) is 2.60. The first kappa shape index (κ1) is 22.6. The Morgan fingerprint density at radius 2 is 1.59 bits per heavy atom. The van der Waals surface area contributed by atoms with E-state index in [4.69, 9.17) is 0 Å². The van der Waals surface area contributed by atoms with Crippen LogP contribution < -0.4 is 16.0 Å². The molecule has 0 spiro atoms. The number of nitrogens with one attached hydrogen (secondary N) is 3. The first-order valence-electron chi connectivity index (χ1n) is 9.21. The number of hydrogen-bond acceptors (Lipinski definition) is 5. The Morgan fingerprint density at radius 1 is 1.04 bits per heavy atom. The van der Waals surface area contributed by atoms with Crippen LogP contribution >= 0.6 is 0 Å². The summed E-state index contributed by atoms with van der Waals surface area (Å²) in [5.41, 5.74) is 1.17. The van der Waals surface area contributed by atoms with Crippen molar-refractivity contribution >= 4 is 29.2 Å². The predicted octanol–water partition coefficient (Wildman–Crippen LogP) is 1.75. The fourth-order valence-electron chi connectivity index (χ4n) is 2.60. The molecular formula is C19H30N4O4. The van der Waals surface area contributed by atoms with Gasteiger partial charge in [0.1, 0.15) is 6.04 Å². The Labute approximate surface area is 160 Å². The Hall–Kier alpha value is -2.45. The third-order valence-electron chi connectivity index (χ3n) is 4.11. The number of rotatable bonds is 12. The zero-order valence-corrected chi connectivity index (χ0v) is 16.2. The molecule has 0 bridgehead atoms. The molecule has 0 saturated carbocycles. The van der Waals surface area contributed by atoms with Crippen LogP contribution in [0.5, 0.6) is 0 Å². The predicted molar refractivity (Wildman–Crippen MR) is 106 cm³/mol. The number of carbonyl (C=O) groups is 3. The van der Waals surface area contributed by atoms with Crippen LogP contribution in [0.15, 0.2) is 24.3 Å². The van der Waals surface area contributed by atoms with Gasteiger partial charge in [0.15, 0.2) is 0 Å². The Bertz CT molecular complexity index is 615. The van der Waals surface area contributed by atoms with E-state index in [1.807, 2.05) is 0 Å². The second kappa shape index (κ2) is 12.0. The highest BCUT2D eigenvalue weighted by Crippen LogP contribution is 2.14. The van der Waals surface area contributed by atoms with E-state index >= 15 is 0 Å². The van der Waals surface area contributed by atoms with Crippen molar-refractivity contribution < 1.29 is 19.5 Å². The van der Waals surface area contributed by atoms with E-state index in [1.165, 1.54) is 6.92 Å². The Balaban J connectivity index is 2.46. The van der Waals surface area contributed by atoms with Crippen LogP contribution in [-0.4, -0.2) is 60.0 Å². The largest absolute Gasteiger partial charge is 0.480 e. The molecule has 1 aromatic rings. The normalized spacial score (nSPS) is 11.9. The van der Waals surface area contributed by atoms with Crippen molar-refractivity contribution in [3.05, 3.63) is 24.3 Å². The van der Waals surface area contributed by atoms with Crippen molar-refractivity contribution in [2.24, 2.45) is 0 Å². The van der Waals surface area contributed by atoms with Crippen LogP contribution in [0.3, 0.4) is 0 Å². The lowest BCUT2D eigenvalue weighted by molar-refractivity contribution is -0.141. The van der Waals surface area contributed by atoms with Crippen LogP contribution in [0.2, 0.25) is 0 Å². The summed E-state index contributed by atoms with van der Waals surface area (Å²) in [6, 6.07) is 5.70. The van der Waals surface area contributed by atoms with Crippen molar-refractivity contribution in [2.75, 3.05) is 36.8 Å². The molecule has 0 unspecified atom stereocenters. The lowest BCUT2D eigenvalue weighted by Gasteiger charge is -2.19. The molecule has 0 aromatic heterocycles. The molecule has 27 heavy (non-hydrogen) atoms. The van der Waals surface area contributed by atoms with Gasteiger partial charge >= 0.3 is 5.97 Å². The molecule has 1 atom stereocenters. The molecule has 1 rings (SSSR count). The van der Waals surface area contributed by atoms with Crippen LogP contribution in [0, 0.1) is 0 Å². The topological polar surface area (TPSA) is 111 Å². The Morgan fingerprint density at radius 3 is 2.07 bits per heavy atom. The molecule has 4 N–H and O–H groups in total. The summed E-state index contributed by atoms with van der Waals surface area (Å²) < 4.78 is 0. The van der Waals surface area contributed by atoms with Gasteiger partial charge in [-0.1, -0.05) is 13.8 Å². The van der Waals surface area contributed by atoms with E-state index in [9.17, 15) is 19.5 Å². The zero-order chi connectivity index (χ0) is 20.2. The van der Waals surface area contributed by atoms with Crippen LogP contribution in [-0.2, 0) is 14.4 Å². The fraction of sp³-hybridized carbons (Fsp3) is 0.526. The molecule has 8 heteroatoms. The maximum Gasteiger partial charge on any atom is 0.321 e. The van der Waals surface area contributed by atoms with Crippen LogP contribution in [0.25, 0.3) is 0 Å². The highest BCUT2D eigenvalue weighted by atomic mass is 16.4. The average Bonchev–Trinajstić information content (AvgIpc) is 2.62. The van der Waals surface area contributed by atoms with Gasteiger partial charge in [0.05, 0.1) is 6.42 Å². The van der Waals surface area contributed by atoms with Gasteiger partial charge in [0.25, 0.3) is 0 Å². The molecule has 0 aliphatic rings. The second-order valence-electron chi connectivity index (χ2n) is 6.24. The zero-order valence-electron chi connectivity index (χ0n) is 16.2. The van der Waals surface area contributed by atoms with Crippen LogP contribution in [0.1, 0.15) is 33.6 Å². The number of anilines is 2. The molecule has 150 valence electrons. The average molecular weight is 378 g/mol. The minimum Gasteiger partial charge on any atom is -0.480 e. The number of benzene rings is 1. The second-order valence-corrected chi connectivity index (χ2v) is 6.24. The number of hydrogen-bond donors (Lipinski definition) is 4. The van der Waals surface area contributed by atoms with Gasteiger partial charge < -0.3 is 26.0 Å². The maximum absolute atomic E-state index is 12.1. The van der Waals surface area contributed by atoms with E-state index in [0.717, 1.165) is 26.1 Å². The first-order chi connectivity index (χ1) is 12.8. The number of carbonyl (C=O) groups excluding carboxylic acids is 2. The smallest absolute Gasteiger partial charge is 0.321 e. The van der Waals surface area contributed by atoms with E-state index in [0.29, 0.717) is 17.9 Å². The van der Waals surface area contributed by atoms with E-state index in [1.54, 1.807) is 24.3 Å². The quantitative estimate of drug-likeness (QED) is 0.413. The monoisotopic (exact) mass is 378 g/mol. The van der Waals surface area contributed by atoms with Gasteiger partial charge in [-0.15, -0.1) is 0 Å². The molecule has 0 heterocycles. The molecule has 8 nitrogen and oxygen atoms in total. The molecular weight excluding hydrogens is 348 g/mol. The van der Waals surface area contributed by atoms with Gasteiger partial charge in [-0.05, 0) is 56.9 Å². The standard InChI is InChI=1S/C19H30N4O4/c1-4-23(5-2)12-6-11-20-17(19(26)27)13-18(25)22-16-9-7-15(8-10-16)21-14(3)24/h7-10,17,20H,4-6,11-13H2,1-3H3,(H,21,24)(H,22,25)(H,26,27)/t17-/m0/s1. The van der Waals surface area contributed by atoms with Gasteiger partial charge in [0, 0.05) is 18.3 Å². The molecule has 0 radical (unpaired) electrons. The maximum atomic E-state index is 12.1. The number of carboxylic acid groups (broad SMARTS) is 1. The van der Waals surface area contributed by atoms with E-state index in [2.05, 4.69) is 34.7 Å². The lowest BCUT2D eigenvalue weighted by atomic mass is 10.2. The molecule has 0 saturated heterocycles. The minimum absolute atomic E-state index is 0.159. The summed E-state index contributed by atoms with van der Waals surface area (Å²) in [6.45, 7) is 8.93. The summed E-state index contributed by atoms with van der Waals surface area (Å²) >= 11 is 0. The first-order valence-corrected chi connectivity index (χ1v) is 9.21. The highest BCUT2D eigenvalue weighted by molar-refractivity contribution is 5.94. The SMILES string of the molecule is CCN(CC)CCCN[C@@H](CC(=O)Nc1ccc(NC(C)=O)cc1)C(=O)O. The van der Waals surface area contributed by atoms with Gasteiger partial charge in [-0.3, -0.25) is 14.4 Å². The summed E-state index contributed by atoms with van der Waals surface area (Å²) in [7, 11) is 0. The van der Waals surface area contributed by atoms with E-state index < -0.39 is 12.0 Å². The molecule has 1 aromatic carbocycles. The number of carboxylic acids is 1. The lowest BCUT2D eigenvalue weighted by Crippen LogP contribution is -2.41. The Kier molecular flexibility index (Phi) is 10.1. The van der Waals surface area contributed by atoms with Gasteiger partial charge in [-0.2, -0.15) is 0 Å². The van der Waals surface area contributed by atoms with Crippen molar-refractivity contribution in [1.29, 1.82) is 0 Å². The summed E-state index contributed by atoms with van der Waals surface area (Å²) in [4.78, 5) is 36.8. The van der Waals surface area contributed by atoms with Gasteiger partial charge in [-0.25, -0.2) is 0 Å². The van der Waals surface area contributed by atoms with Crippen molar-refractivity contribution in [3.8, 4) is 0 Å². The molecule has 0 aliphatic heterocycles.